The topological polar surface area (TPSA) is 39.9 Å². The van der Waals surface area contributed by atoms with Crippen LogP contribution in [0.25, 0.3) is 0 Å². The minimum absolute atomic E-state index is 0.245. The molecule has 1 aliphatic heterocycles. The molecule has 0 saturated carbocycles. The number of hydrogen-bond donors (Lipinski definition) is 0. The van der Waals surface area contributed by atoms with Crippen LogP contribution in [0.4, 0.5) is 13.2 Å². The molecule has 0 spiro atoms. The third-order valence-electron chi connectivity index (χ3n) is 4.68. The van der Waals surface area contributed by atoms with Crippen LogP contribution in [-0.4, -0.2) is 35.3 Å². The molecule has 7 heteroatoms. The Morgan fingerprint density at radius 3 is 2.50 bits per heavy atom. The smallest absolute Gasteiger partial charge is 0.303 e. The van der Waals surface area contributed by atoms with Gasteiger partial charge < -0.3 is 4.90 Å². The van der Waals surface area contributed by atoms with E-state index in [-0.39, 0.29) is 16.2 Å². The van der Waals surface area contributed by atoms with Gasteiger partial charge in [-0.05, 0) is 57.2 Å². The van der Waals surface area contributed by atoms with Crippen molar-refractivity contribution in [3.05, 3.63) is 22.4 Å². The number of aromatic nitrogens is 1. The maximum atomic E-state index is 13.6. The predicted octanol–water partition coefficient (Wildman–Crippen LogP) is 4.04. The number of thioether (sulfide) groups is 1. The first-order chi connectivity index (χ1) is 11.5. The van der Waals surface area contributed by atoms with Crippen molar-refractivity contribution >= 4 is 11.8 Å². The van der Waals surface area contributed by atoms with E-state index in [1.807, 2.05) is 0 Å². The Morgan fingerprint density at radius 1 is 1.12 bits per heavy atom. The van der Waals surface area contributed by atoms with Crippen LogP contribution in [0.2, 0.25) is 0 Å². The average molecular weight is 355 g/mol. The molecule has 3 nitrogen and oxygen atoms in total. The number of rotatable bonds is 4. The molecular weight excluding hydrogens is 335 g/mol. The summed E-state index contributed by atoms with van der Waals surface area (Å²) in [7, 11) is 0. The van der Waals surface area contributed by atoms with Gasteiger partial charge in [0.25, 0.3) is 0 Å². The highest BCUT2D eigenvalue weighted by atomic mass is 32.2. The van der Waals surface area contributed by atoms with Gasteiger partial charge in [-0.15, -0.1) is 11.8 Å². The van der Waals surface area contributed by atoms with Gasteiger partial charge in [0.15, 0.2) is 0 Å². The summed E-state index contributed by atoms with van der Waals surface area (Å²) >= 11 is 1.29. The highest BCUT2D eigenvalue weighted by molar-refractivity contribution is 7.99. The van der Waals surface area contributed by atoms with Crippen molar-refractivity contribution in [3.8, 4) is 6.07 Å². The Kier molecular flexibility index (Phi) is 5.36. The van der Waals surface area contributed by atoms with Gasteiger partial charge in [0.05, 0.1) is 11.1 Å². The van der Waals surface area contributed by atoms with Crippen molar-refractivity contribution in [1.82, 2.24) is 9.88 Å². The molecule has 0 aromatic carbocycles. The quantitative estimate of drug-likeness (QED) is 0.764. The van der Waals surface area contributed by atoms with Crippen LogP contribution in [0.1, 0.15) is 48.1 Å². The normalized spacial score (nSPS) is 18.4. The van der Waals surface area contributed by atoms with Crippen molar-refractivity contribution in [2.24, 2.45) is 0 Å². The number of likely N-dealkylation sites (tertiary alicyclic amines) is 1. The monoisotopic (exact) mass is 355 g/mol. The molecule has 0 unspecified atom stereocenters. The fourth-order valence-electron chi connectivity index (χ4n) is 3.52. The first kappa shape index (κ1) is 17.6. The minimum atomic E-state index is -4.50. The highest BCUT2D eigenvalue weighted by Crippen LogP contribution is 2.41. The maximum absolute atomic E-state index is 13.6. The largest absolute Gasteiger partial charge is 0.418 e. The summed E-state index contributed by atoms with van der Waals surface area (Å²) in [5, 5.41) is 9.62. The standard InChI is InChI=1S/C17H20F3N3S/c18-17(19,20)15-12-5-1-2-6-14(12)22-16(13(15)11-21)24-10-9-23-7-3-4-8-23/h1-10H2. The van der Waals surface area contributed by atoms with Gasteiger partial charge in [0.2, 0.25) is 0 Å². The molecule has 130 valence electrons. The van der Waals surface area contributed by atoms with Crippen molar-refractivity contribution in [3.63, 3.8) is 0 Å². The summed E-state index contributed by atoms with van der Waals surface area (Å²) in [6.45, 7) is 2.93. The lowest BCUT2D eigenvalue weighted by atomic mass is 9.90. The molecule has 2 aliphatic rings. The molecule has 1 aromatic heterocycles. The molecule has 3 rings (SSSR count). The third-order valence-corrected chi connectivity index (χ3v) is 5.64. The zero-order valence-corrected chi connectivity index (χ0v) is 14.3. The molecule has 0 radical (unpaired) electrons. The van der Waals surface area contributed by atoms with Crippen LogP contribution in [0, 0.1) is 11.3 Å². The summed E-state index contributed by atoms with van der Waals surface area (Å²) in [4.78, 5) is 6.75. The first-order valence-electron chi connectivity index (χ1n) is 8.39. The van der Waals surface area contributed by atoms with Crippen LogP contribution >= 0.6 is 11.8 Å². The van der Waals surface area contributed by atoms with Gasteiger partial charge >= 0.3 is 6.18 Å². The summed E-state index contributed by atoms with van der Waals surface area (Å²) in [5.74, 6) is 0.664. The Bertz CT molecular complexity index is 646. The van der Waals surface area contributed by atoms with Gasteiger partial charge in [-0.1, -0.05) is 0 Å². The van der Waals surface area contributed by atoms with Gasteiger partial charge in [-0.2, -0.15) is 18.4 Å². The molecule has 1 saturated heterocycles. The van der Waals surface area contributed by atoms with Crippen molar-refractivity contribution < 1.29 is 13.2 Å². The Morgan fingerprint density at radius 2 is 1.83 bits per heavy atom. The van der Waals surface area contributed by atoms with E-state index in [1.165, 1.54) is 24.6 Å². The molecule has 0 bridgehead atoms. The van der Waals surface area contributed by atoms with Gasteiger partial charge in [0.1, 0.15) is 11.1 Å². The highest BCUT2D eigenvalue weighted by Gasteiger charge is 2.39. The van der Waals surface area contributed by atoms with E-state index in [1.54, 1.807) is 6.07 Å². The summed E-state index contributed by atoms with van der Waals surface area (Å²) in [6, 6.07) is 1.78. The van der Waals surface area contributed by atoms with Crippen LogP contribution < -0.4 is 0 Å². The Balaban J connectivity index is 1.89. The Hall–Kier alpha value is -1.26. The van der Waals surface area contributed by atoms with Crippen LogP contribution in [-0.2, 0) is 19.0 Å². The van der Waals surface area contributed by atoms with Gasteiger partial charge in [-0.25, -0.2) is 4.98 Å². The van der Waals surface area contributed by atoms with Crippen molar-refractivity contribution in [2.75, 3.05) is 25.4 Å². The number of alkyl halides is 3. The van der Waals surface area contributed by atoms with E-state index in [2.05, 4.69) is 9.88 Å². The molecule has 2 heterocycles. The van der Waals surface area contributed by atoms with Gasteiger partial charge in [0, 0.05) is 18.0 Å². The van der Waals surface area contributed by atoms with Crippen LogP contribution in [0.5, 0.6) is 0 Å². The number of nitriles is 1. The molecule has 24 heavy (non-hydrogen) atoms. The van der Waals surface area contributed by atoms with E-state index in [4.69, 9.17) is 0 Å². The van der Waals surface area contributed by atoms with E-state index in [0.29, 0.717) is 24.3 Å². The molecule has 0 amide bonds. The second kappa shape index (κ2) is 7.32. The lowest BCUT2D eigenvalue weighted by Crippen LogP contribution is -2.22. The summed E-state index contributed by atoms with van der Waals surface area (Å²) in [5.41, 5.74) is -0.238. The number of halogens is 3. The van der Waals surface area contributed by atoms with Crippen molar-refractivity contribution in [1.29, 1.82) is 5.26 Å². The van der Waals surface area contributed by atoms with Gasteiger partial charge in [-0.3, -0.25) is 0 Å². The molecule has 0 N–H and O–H groups in total. The SMILES string of the molecule is N#Cc1c(SCCN2CCCC2)nc2c(c1C(F)(F)F)CCCC2. The number of fused-ring (bicyclic) bond motifs is 1. The fourth-order valence-corrected chi connectivity index (χ4v) is 4.53. The lowest BCUT2D eigenvalue weighted by molar-refractivity contribution is -0.138. The zero-order valence-electron chi connectivity index (χ0n) is 13.5. The van der Waals surface area contributed by atoms with E-state index in [9.17, 15) is 18.4 Å². The molecule has 1 fully saturated rings. The van der Waals surface area contributed by atoms with Crippen LogP contribution in [0.3, 0.4) is 0 Å². The zero-order chi connectivity index (χ0) is 17.2. The van der Waals surface area contributed by atoms with E-state index in [0.717, 1.165) is 32.5 Å². The van der Waals surface area contributed by atoms with Crippen LogP contribution in [0.15, 0.2) is 5.03 Å². The molecule has 0 atom stereocenters. The number of pyridine rings is 1. The lowest BCUT2D eigenvalue weighted by Gasteiger charge is -2.23. The summed E-state index contributed by atoms with van der Waals surface area (Å²) < 4.78 is 40.7. The fraction of sp³-hybridized carbons (Fsp3) is 0.647. The number of aryl methyl sites for hydroxylation is 1. The molecule has 1 aliphatic carbocycles. The van der Waals surface area contributed by atoms with Crippen molar-refractivity contribution in [2.45, 2.75) is 49.7 Å². The maximum Gasteiger partial charge on any atom is 0.418 e. The number of hydrogen-bond acceptors (Lipinski definition) is 4. The molecular formula is C17H20F3N3S. The van der Waals surface area contributed by atoms with E-state index < -0.39 is 11.7 Å². The first-order valence-corrected chi connectivity index (χ1v) is 9.37. The second-order valence-corrected chi connectivity index (χ2v) is 7.39. The second-order valence-electron chi connectivity index (χ2n) is 6.31. The Labute approximate surface area is 144 Å². The third kappa shape index (κ3) is 3.70. The predicted molar refractivity (Wildman–Crippen MR) is 87.0 cm³/mol. The van der Waals surface area contributed by atoms with E-state index >= 15 is 0 Å². The number of nitrogens with zero attached hydrogens (tertiary/aromatic N) is 3. The summed E-state index contributed by atoms with van der Waals surface area (Å²) in [6.07, 6.45) is 0.395. The molecule has 1 aromatic rings. The average Bonchev–Trinajstić information content (AvgIpc) is 3.06. The minimum Gasteiger partial charge on any atom is -0.303 e.